The third kappa shape index (κ3) is 2.89. The zero-order valence-corrected chi connectivity index (χ0v) is 12.6. The number of carbonyl (C=O) groups is 1. The van der Waals surface area contributed by atoms with Gasteiger partial charge in [-0.15, -0.1) is 0 Å². The Hall–Kier alpha value is -1.71. The number of hydrogen-bond acceptors (Lipinski definition) is 2. The van der Waals surface area contributed by atoms with E-state index in [-0.39, 0.29) is 22.2 Å². The SMILES string of the molecule is Cc1cccc(C)c1NC(=O)c1cc(Cl)cc(Cl)c1N. The molecule has 104 valence electrons. The number of nitrogens with one attached hydrogen (secondary N) is 1. The molecule has 0 radical (unpaired) electrons. The van der Waals surface area contributed by atoms with Gasteiger partial charge >= 0.3 is 0 Å². The van der Waals surface area contributed by atoms with Gasteiger partial charge in [0, 0.05) is 10.7 Å². The van der Waals surface area contributed by atoms with Gasteiger partial charge in [0.15, 0.2) is 0 Å². The minimum Gasteiger partial charge on any atom is -0.397 e. The van der Waals surface area contributed by atoms with Gasteiger partial charge in [0.25, 0.3) is 5.91 Å². The summed E-state index contributed by atoms with van der Waals surface area (Å²) < 4.78 is 0. The van der Waals surface area contributed by atoms with Gasteiger partial charge in [0.05, 0.1) is 16.3 Å². The van der Waals surface area contributed by atoms with Gasteiger partial charge in [-0.2, -0.15) is 0 Å². The Kier molecular flexibility index (Phi) is 4.21. The molecule has 0 spiro atoms. The molecule has 0 aliphatic rings. The summed E-state index contributed by atoms with van der Waals surface area (Å²) in [5, 5.41) is 3.49. The van der Waals surface area contributed by atoms with Crippen LogP contribution in [0.1, 0.15) is 21.5 Å². The van der Waals surface area contributed by atoms with Crippen molar-refractivity contribution in [1.29, 1.82) is 0 Å². The Bertz CT molecular complexity index is 664. The predicted octanol–water partition coefficient (Wildman–Crippen LogP) is 4.44. The molecule has 3 N–H and O–H groups in total. The fourth-order valence-electron chi connectivity index (χ4n) is 1.97. The molecule has 2 aromatic carbocycles. The van der Waals surface area contributed by atoms with Gasteiger partial charge in [-0.05, 0) is 37.1 Å². The first-order valence-corrected chi connectivity index (χ1v) is 6.78. The van der Waals surface area contributed by atoms with E-state index in [1.165, 1.54) is 12.1 Å². The predicted molar refractivity (Wildman–Crippen MR) is 84.7 cm³/mol. The normalized spacial score (nSPS) is 10.4. The van der Waals surface area contributed by atoms with Crippen molar-refractivity contribution in [2.75, 3.05) is 11.1 Å². The van der Waals surface area contributed by atoms with Crippen LogP contribution in [0, 0.1) is 13.8 Å². The maximum atomic E-state index is 12.3. The maximum Gasteiger partial charge on any atom is 0.257 e. The molecule has 2 aromatic rings. The van der Waals surface area contributed by atoms with Crippen LogP contribution in [0.25, 0.3) is 0 Å². The summed E-state index contributed by atoms with van der Waals surface area (Å²) in [7, 11) is 0. The molecule has 0 unspecified atom stereocenters. The number of nitrogen functional groups attached to an aromatic ring is 1. The van der Waals surface area contributed by atoms with Gasteiger partial charge < -0.3 is 11.1 Å². The molecule has 0 bridgehead atoms. The van der Waals surface area contributed by atoms with Crippen molar-refractivity contribution >= 4 is 40.5 Å². The minimum atomic E-state index is -0.329. The smallest absolute Gasteiger partial charge is 0.257 e. The van der Waals surface area contributed by atoms with E-state index in [9.17, 15) is 4.79 Å². The molecule has 0 saturated carbocycles. The fraction of sp³-hybridized carbons (Fsp3) is 0.133. The molecule has 1 amide bonds. The topological polar surface area (TPSA) is 55.1 Å². The molecule has 0 fully saturated rings. The van der Waals surface area contributed by atoms with Gasteiger partial charge in [0.2, 0.25) is 0 Å². The largest absolute Gasteiger partial charge is 0.397 e. The number of aryl methyl sites for hydroxylation is 2. The van der Waals surface area contributed by atoms with Crippen molar-refractivity contribution in [2.45, 2.75) is 13.8 Å². The van der Waals surface area contributed by atoms with E-state index in [4.69, 9.17) is 28.9 Å². The molecule has 0 heterocycles. The van der Waals surface area contributed by atoms with Crippen molar-refractivity contribution in [3.8, 4) is 0 Å². The van der Waals surface area contributed by atoms with Gasteiger partial charge in [-0.1, -0.05) is 41.4 Å². The molecule has 0 aliphatic carbocycles. The number of para-hydroxylation sites is 1. The quantitative estimate of drug-likeness (QED) is 0.806. The van der Waals surface area contributed by atoms with Gasteiger partial charge in [-0.3, -0.25) is 4.79 Å². The molecule has 0 aromatic heterocycles. The molecule has 20 heavy (non-hydrogen) atoms. The summed E-state index contributed by atoms with van der Waals surface area (Å²) in [6.07, 6.45) is 0. The number of halogens is 2. The van der Waals surface area contributed by atoms with Crippen LogP contribution in [0.5, 0.6) is 0 Å². The van der Waals surface area contributed by atoms with Crippen molar-refractivity contribution in [3.05, 3.63) is 57.1 Å². The van der Waals surface area contributed by atoms with Crippen LogP contribution >= 0.6 is 23.2 Å². The number of benzene rings is 2. The maximum absolute atomic E-state index is 12.3. The molecular formula is C15H14Cl2N2O. The van der Waals surface area contributed by atoms with E-state index in [0.717, 1.165) is 16.8 Å². The molecule has 0 atom stereocenters. The lowest BCUT2D eigenvalue weighted by molar-refractivity contribution is 0.102. The summed E-state index contributed by atoms with van der Waals surface area (Å²) in [6.45, 7) is 3.86. The third-order valence-corrected chi connectivity index (χ3v) is 3.59. The Morgan fingerprint density at radius 1 is 1.15 bits per heavy atom. The molecular weight excluding hydrogens is 295 g/mol. The van der Waals surface area contributed by atoms with Gasteiger partial charge in [0.1, 0.15) is 0 Å². The van der Waals surface area contributed by atoms with E-state index in [1.807, 2.05) is 32.0 Å². The second-order valence-corrected chi connectivity index (χ2v) is 5.41. The van der Waals surface area contributed by atoms with Crippen LogP contribution < -0.4 is 11.1 Å². The average Bonchev–Trinajstić information content (AvgIpc) is 2.38. The highest BCUT2D eigenvalue weighted by Gasteiger charge is 2.15. The number of carbonyl (C=O) groups excluding carboxylic acids is 1. The summed E-state index contributed by atoms with van der Waals surface area (Å²) in [4.78, 5) is 12.3. The lowest BCUT2D eigenvalue weighted by Crippen LogP contribution is -2.15. The highest BCUT2D eigenvalue weighted by atomic mass is 35.5. The Morgan fingerprint density at radius 3 is 2.35 bits per heavy atom. The highest BCUT2D eigenvalue weighted by Crippen LogP contribution is 2.29. The van der Waals surface area contributed by atoms with Crippen LogP contribution in [-0.4, -0.2) is 5.91 Å². The van der Waals surface area contributed by atoms with Crippen LogP contribution in [0.3, 0.4) is 0 Å². The lowest BCUT2D eigenvalue weighted by Gasteiger charge is -2.13. The fourth-order valence-corrected chi connectivity index (χ4v) is 2.46. The first kappa shape index (κ1) is 14.7. The number of anilines is 2. The molecule has 5 heteroatoms. The number of rotatable bonds is 2. The molecule has 2 rings (SSSR count). The molecule has 3 nitrogen and oxygen atoms in total. The van der Waals surface area contributed by atoms with E-state index in [1.54, 1.807) is 0 Å². The van der Waals surface area contributed by atoms with Crippen molar-refractivity contribution in [2.24, 2.45) is 0 Å². The number of amides is 1. The van der Waals surface area contributed by atoms with Crippen LogP contribution in [0.15, 0.2) is 30.3 Å². The van der Waals surface area contributed by atoms with E-state index in [2.05, 4.69) is 5.32 Å². The minimum absolute atomic E-state index is 0.222. The zero-order chi connectivity index (χ0) is 14.9. The van der Waals surface area contributed by atoms with E-state index in [0.29, 0.717) is 5.02 Å². The summed E-state index contributed by atoms with van der Waals surface area (Å²) >= 11 is 11.9. The first-order chi connectivity index (χ1) is 9.40. The van der Waals surface area contributed by atoms with Crippen molar-refractivity contribution in [3.63, 3.8) is 0 Å². The number of nitrogens with two attached hydrogens (primary N) is 1. The average molecular weight is 309 g/mol. The monoisotopic (exact) mass is 308 g/mol. The third-order valence-electron chi connectivity index (χ3n) is 3.06. The van der Waals surface area contributed by atoms with E-state index < -0.39 is 0 Å². The van der Waals surface area contributed by atoms with Crippen LogP contribution in [-0.2, 0) is 0 Å². The summed E-state index contributed by atoms with van der Waals surface area (Å²) in [5.74, 6) is -0.329. The summed E-state index contributed by atoms with van der Waals surface area (Å²) in [6, 6.07) is 8.80. The van der Waals surface area contributed by atoms with E-state index >= 15 is 0 Å². The summed E-state index contributed by atoms with van der Waals surface area (Å²) in [5.41, 5.74) is 9.05. The highest BCUT2D eigenvalue weighted by molar-refractivity contribution is 6.37. The Balaban J connectivity index is 2.39. The second-order valence-electron chi connectivity index (χ2n) is 4.57. The van der Waals surface area contributed by atoms with Crippen molar-refractivity contribution in [1.82, 2.24) is 0 Å². The lowest BCUT2D eigenvalue weighted by atomic mass is 10.1. The Morgan fingerprint density at radius 2 is 1.75 bits per heavy atom. The molecule has 0 saturated heterocycles. The van der Waals surface area contributed by atoms with Crippen LogP contribution in [0.4, 0.5) is 11.4 Å². The second kappa shape index (κ2) is 5.73. The van der Waals surface area contributed by atoms with Gasteiger partial charge in [-0.25, -0.2) is 0 Å². The zero-order valence-electron chi connectivity index (χ0n) is 11.1. The van der Waals surface area contributed by atoms with Crippen molar-refractivity contribution < 1.29 is 4.79 Å². The number of hydrogen-bond donors (Lipinski definition) is 2. The standard InChI is InChI=1S/C15H14Cl2N2O/c1-8-4-3-5-9(2)14(8)19-15(20)11-6-10(16)7-12(17)13(11)18/h3-7H,18H2,1-2H3,(H,19,20). The Labute approximate surface area is 127 Å². The molecule has 0 aliphatic heterocycles. The van der Waals surface area contributed by atoms with Crippen LogP contribution in [0.2, 0.25) is 10.0 Å². The first-order valence-electron chi connectivity index (χ1n) is 6.02.